The second kappa shape index (κ2) is 2.09. The predicted molar refractivity (Wildman–Crippen MR) is 35.3 cm³/mol. The highest BCUT2D eigenvalue weighted by Crippen LogP contribution is 2.28. The number of rotatable bonds is 1. The first-order chi connectivity index (χ1) is 4.57. The van der Waals surface area contributed by atoms with Crippen LogP contribution < -0.4 is 0 Å². The molecule has 10 heavy (non-hydrogen) atoms. The maximum Gasteiger partial charge on any atom is 0.334 e. The number of aliphatic hydroxyl groups excluding tert-OH is 1. The second-order valence-corrected chi connectivity index (χ2v) is 2.78. The molecule has 0 radical (unpaired) electrons. The molecule has 1 aliphatic rings. The Labute approximate surface area is 59.3 Å². The zero-order valence-corrected chi connectivity index (χ0v) is 5.89. The van der Waals surface area contributed by atoms with Crippen molar-refractivity contribution >= 4 is 5.97 Å². The number of carbonyl (C=O) groups is 1. The van der Waals surface area contributed by atoms with E-state index in [9.17, 15) is 4.79 Å². The van der Waals surface area contributed by atoms with Gasteiger partial charge in [0.1, 0.15) is 5.60 Å². The molecule has 1 N–H and O–H groups in total. The lowest BCUT2D eigenvalue weighted by molar-refractivity contribution is -0.147. The molecule has 0 spiro atoms. The van der Waals surface area contributed by atoms with Gasteiger partial charge in [-0.25, -0.2) is 4.79 Å². The maximum atomic E-state index is 10.7. The van der Waals surface area contributed by atoms with E-state index in [0.29, 0.717) is 12.0 Å². The van der Waals surface area contributed by atoms with Gasteiger partial charge in [-0.2, -0.15) is 0 Å². The standard InChI is InChI=1S/C7H10O3/c1-5-3-7(2,4-8)10-6(5)9/h8H,1,3-4H2,2H3/t7-/m1/s1. The minimum atomic E-state index is -0.714. The highest BCUT2D eigenvalue weighted by atomic mass is 16.6. The van der Waals surface area contributed by atoms with Crippen LogP contribution in [0.5, 0.6) is 0 Å². The lowest BCUT2D eigenvalue weighted by Gasteiger charge is -2.17. The van der Waals surface area contributed by atoms with Crippen molar-refractivity contribution in [1.29, 1.82) is 0 Å². The van der Waals surface area contributed by atoms with E-state index in [0.717, 1.165) is 0 Å². The minimum absolute atomic E-state index is 0.141. The number of ether oxygens (including phenoxy) is 1. The molecule has 1 aliphatic heterocycles. The van der Waals surface area contributed by atoms with E-state index in [-0.39, 0.29) is 6.61 Å². The quantitative estimate of drug-likeness (QED) is 0.421. The summed E-state index contributed by atoms with van der Waals surface area (Å²) in [5, 5.41) is 8.74. The molecule has 1 heterocycles. The molecule has 0 aromatic heterocycles. The Balaban J connectivity index is 2.73. The smallest absolute Gasteiger partial charge is 0.334 e. The van der Waals surface area contributed by atoms with Gasteiger partial charge in [0.05, 0.1) is 6.61 Å². The van der Waals surface area contributed by atoms with Crippen molar-refractivity contribution in [2.75, 3.05) is 6.61 Å². The molecule has 0 aliphatic carbocycles. The first-order valence-electron chi connectivity index (χ1n) is 3.09. The summed E-state index contributed by atoms with van der Waals surface area (Å²) in [5.74, 6) is -0.392. The Bertz CT molecular complexity index is 167. The highest BCUT2D eigenvalue weighted by Gasteiger charge is 2.37. The van der Waals surface area contributed by atoms with Crippen LogP contribution in [-0.2, 0) is 9.53 Å². The van der Waals surface area contributed by atoms with Crippen molar-refractivity contribution in [3.63, 3.8) is 0 Å². The average molecular weight is 142 g/mol. The van der Waals surface area contributed by atoms with Gasteiger partial charge in [0, 0.05) is 12.0 Å². The van der Waals surface area contributed by atoms with Gasteiger partial charge in [-0.15, -0.1) is 0 Å². The fourth-order valence-electron chi connectivity index (χ4n) is 0.944. The van der Waals surface area contributed by atoms with Gasteiger partial charge in [0.15, 0.2) is 0 Å². The Morgan fingerprint density at radius 2 is 2.50 bits per heavy atom. The Kier molecular flexibility index (Phi) is 1.52. The van der Waals surface area contributed by atoms with Crippen molar-refractivity contribution < 1.29 is 14.6 Å². The van der Waals surface area contributed by atoms with Gasteiger partial charge in [0.25, 0.3) is 0 Å². The van der Waals surface area contributed by atoms with Crippen molar-refractivity contribution in [3.8, 4) is 0 Å². The molecule has 0 unspecified atom stereocenters. The van der Waals surface area contributed by atoms with E-state index in [2.05, 4.69) is 6.58 Å². The van der Waals surface area contributed by atoms with E-state index in [1.54, 1.807) is 6.92 Å². The topological polar surface area (TPSA) is 46.5 Å². The van der Waals surface area contributed by atoms with Gasteiger partial charge in [0.2, 0.25) is 0 Å². The van der Waals surface area contributed by atoms with Crippen LogP contribution in [0.25, 0.3) is 0 Å². The van der Waals surface area contributed by atoms with Crippen molar-refractivity contribution in [1.82, 2.24) is 0 Å². The zero-order valence-electron chi connectivity index (χ0n) is 5.89. The average Bonchev–Trinajstić information content (AvgIpc) is 2.10. The van der Waals surface area contributed by atoms with Crippen LogP contribution in [0.1, 0.15) is 13.3 Å². The van der Waals surface area contributed by atoms with E-state index in [4.69, 9.17) is 9.84 Å². The van der Waals surface area contributed by atoms with Crippen LogP contribution in [0.15, 0.2) is 12.2 Å². The number of esters is 1. The van der Waals surface area contributed by atoms with Gasteiger partial charge in [-0.05, 0) is 6.92 Å². The second-order valence-electron chi connectivity index (χ2n) is 2.78. The molecule has 1 atom stereocenters. The van der Waals surface area contributed by atoms with E-state index in [1.165, 1.54) is 0 Å². The van der Waals surface area contributed by atoms with Crippen LogP contribution in [0, 0.1) is 0 Å². The summed E-state index contributed by atoms with van der Waals surface area (Å²) < 4.78 is 4.82. The van der Waals surface area contributed by atoms with Gasteiger partial charge >= 0.3 is 5.97 Å². The SMILES string of the molecule is C=C1C[C@](C)(CO)OC1=O. The Hall–Kier alpha value is -0.830. The molecule has 3 nitrogen and oxygen atoms in total. The predicted octanol–water partition coefficient (Wildman–Crippen LogP) is 0.240. The van der Waals surface area contributed by atoms with Gasteiger partial charge in [-0.1, -0.05) is 6.58 Å². The molecular weight excluding hydrogens is 132 g/mol. The molecule has 0 aromatic carbocycles. The third-order valence-corrected chi connectivity index (χ3v) is 1.55. The van der Waals surface area contributed by atoms with Crippen LogP contribution in [-0.4, -0.2) is 23.3 Å². The van der Waals surface area contributed by atoms with Gasteiger partial charge in [-0.3, -0.25) is 0 Å². The Morgan fingerprint density at radius 1 is 1.90 bits per heavy atom. The summed E-state index contributed by atoms with van der Waals surface area (Å²) in [5.41, 5.74) is -0.273. The lowest BCUT2D eigenvalue weighted by Crippen LogP contribution is -2.28. The van der Waals surface area contributed by atoms with Crippen LogP contribution in [0.4, 0.5) is 0 Å². The number of aliphatic hydroxyl groups is 1. The summed E-state index contributed by atoms with van der Waals surface area (Å²) in [6, 6.07) is 0. The molecule has 0 aromatic rings. The summed E-state index contributed by atoms with van der Waals surface area (Å²) >= 11 is 0. The maximum absolute atomic E-state index is 10.7. The molecule has 1 rings (SSSR count). The number of hydrogen-bond acceptors (Lipinski definition) is 3. The summed E-state index contributed by atoms with van der Waals surface area (Å²) in [4.78, 5) is 10.7. The summed E-state index contributed by atoms with van der Waals surface area (Å²) in [6.45, 7) is 5.04. The third kappa shape index (κ3) is 1.04. The van der Waals surface area contributed by atoms with E-state index >= 15 is 0 Å². The molecule has 1 saturated heterocycles. The fourth-order valence-corrected chi connectivity index (χ4v) is 0.944. The summed E-state index contributed by atoms with van der Waals surface area (Å²) in [6.07, 6.45) is 0.433. The van der Waals surface area contributed by atoms with Crippen LogP contribution >= 0.6 is 0 Å². The molecule has 0 bridgehead atoms. The van der Waals surface area contributed by atoms with Crippen molar-refractivity contribution in [3.05, 3.63) is 12.2 Å². The third-order valence-electron chi connectivity index (χ3n) is 1.55. The lowest BCUT2D eigenvalue weighted by atomic mass is 10.0. The highest BCUT2D eigenvalue weighted by molar-refractivity contribution is 5.90. The zero-order chi connectivity index (χ0) is 7.78. The minimum Gasteiger partial charge on any atom is -0.453 e. The summed E-state index contributed by atoms with van der Waals surface area (Å²) in [7, 11) is 0. The number of carbonyl (C=O) groups excluding carboxylic acids is 1. The largest absolute Gasteiger partial charge is 0.453 e. The molecule has 56 valence electrons. The number of hydrogen-bond donors (Lipinski definition) is 1. The first kappa shape index (κ1) is 7.28. The van der Waals surface area contributed by atoms with Crippen LogP contribution in [0.3, 0.4) is 0 Å². The molecule has 1 fully saturated rings. The van der Waals surface area contributed by atoms with Gasteiger partial charge < -0.3 is 9.84 Å². The van der Waals surface area contributed by atoms with E-state index in [1.807, 2.05) is 0 Å². The van der Waals surface area contributed by atoms with Crippen molar-refractivity contribution in [2.24, 2.45) is 0 Å². The Morgan fingerprint density at radius 3 is 2.70 bits per heavy atom. The molecular formula is C7H10O3. The molecule has 3 heteroatoms. The fraction of sp³-hybridized carbons (Fsp3) is 0.571. The molecule has 0 amide bonds. The van der Waals surface area contributed by atoms with Crippen molar-refractivity contribution in [2.45, 2.75) is 18.9 Å². The monoisotopic (exact) mass is 142 g/mol. The molecule has 0 saturated carbocycles. The van der Waals surface area contributed by atoms with E-state index < -0.39 is 11.6 Å². The first-order valence-corrected chi connectivity index (χ1v) is 3.09. The van der Waals surface area contributed by atoms with Crippen LogP contribution in [0.2, 0.25) is 0 Å². The normalized spacial score (nSPS) is 32.6. The number of cyclic esters (lactones) is 1.